The van der Waals surface area contributed by atoms with Crippen molar-refractivity contribution in [1.29, 1.82) is 0 Å². The van der Waals surface area contributed by atoms with E-state index in [-0.39, 0.29) is 5.75 Å². The number of hydrogen-bond acceptors (Lipinski definition) is 3. The molecule has 0 amide bonds. The fourth-order valence-electron chi connectivity index (χ4n) is 1.95. The average molecular weight is 248 g/mol. The molecule has 0 aliphatic heterocycles. The standard InChI is InChI=1S/C11H24N2O2S/c1-9(2)10-7-11(8-10)12-5-6-16(14,15)13(3)4/h9-12H,5-8H2,1-4H3. The Bertz CT molecular complexity index is 306. The highest BCUT2D eigenvalue weighted by Gasteiger charge is 2.30. The zero-order valence-corrected chi connectivity index (χ0v) is 11.5. The smallest absolute Gasteiger partial charge is 0.214 e. The van der Waals surface area contributed by atoms with Crippen LogP contribution in [0.1, 0.15) is 26.7 Å². The minimum atomic E-state index is -3.04. The molecule has 0 aromatic carbocycles. The molecule has 1 aliphatic carbocycles. The van der Waals surface area contributed by atoms with Gasteiger partial charge in [-0.2, -0.15) is 0 Å². The molecule has 0 aromatic heterocycles. The lowest BCUT2D eigenvalue weighted by Crippen LogP contribution is -2.45. The number of rotatable bonds is 6. The van der Waals surface area contributed by atoms with Gasteiger partial charge in [0.25, 0.3) is 0 Å². The molecule has 1 fully saturated rings. The Morgan fingerprint density at radius 3 is 2.31 bits per heavy atom. The van der Waals surface area contributed by atoms with Crippen LogP contribution in [-0.2, 0) is 10.0 Å². The number of hydrogen-bond donors (Lipinski definition) is 1. The molecule has 96 valence electrons. The monoisotopic (exact) mass is 248 g/mol. The average Bonchev–Trinajstić information content (AvgIpc) is 2.07. The van der Waals surface area contributed by atoms with Gasteiger partial charge in [0, 0.05) is 26.7 Å². The van der Waals surface area contributed by atoms with Gasteiger partial charge in [0.2, 0.25) is 10.0 Å². The summed E-state index contributed by atoms with van der Waals surface area (Å²) in [6.45, 7) is 5.06. The predicted molar refractivity (Wildman–Crippen MR) is 66.8 cm³/mol. The van der Waals surface area contributed by atoms with Crippen molar-refractivity contribution in [2.45, 2.75) is 32.7 Å². The Morgan fingerprint density at radius 2 is 1.88 bits per heavy atom. The first-order valence-electron chi connectivity index (χ1n) is 5.96. The first-order chi connectivity index (χ1) is 7.33. The van der Waals surface area contributed by atoms with Crippen molar-refractivity contribution < 1.29 is 8.42 Å². The third-order valence-electron chi connectivity index (χ3n) is 3.47. The van der Waals surface area contributed by atoms with Gasteiger partial charge in [-0.15, -0.1) is 0 Å². The minimum Gasteiger partial charge on any atom is -0.313 e. The van der Waals surface area contributed by atoms with E-state index >= 15 is 0 Å². The molecule has 0 aromatic rings. The van der Waals surface area contributed by atoms with Crippen LogP contribution < -0.4 is 5.32 Å². The zero-order chi connectivity index (χ0) is 12.3. The summed E-state index contributed by atoms with van der Waals surface area (Å²) >= 11 is 0. The fourth-order valence-corrected chi connectivity index (χ4v) is 2.69. The van der Waals surface area contributed by atoms with Crippen LogP contribution in [0.25, 0.3) is 0 Å². The van der Waals surface area contributed by atoms with E-state index in [0.29, 0.717) is 12.6 Å². The van der Waals surface area contributed by atoms with E-state index in [4.69, 9.17) is 0 Å². The SMILES string of the molecule is CC(C)C1CC(NCCS(=O)(=O)N(C)C)C1. The van der Waals surface area contributed by atoms with Gasteiger partial charge in [-0.1, -0.05) is 13.8 Å². The van der Waals surface area contributed by atoms with Gasteiger partial charge >= 0.3 is 0 Å². The molecule has 0 unspecified atom stereocenters. The first kappa shape index (κ1) is 13.9. The van der Waals surface area contributed by atoms with Crippen molar-refractivity contribution in [2.24, 2.45) is 11.8 Å². The molecule has 4 nitrogen and oxygen atoms in total. The van der Waals surface area contributed by atoms with Crippen molar-refractivity contribution in [3.8, 4) is 0 Å². The van der Waals surface area contributed by atoms with Crippen LogP contribution in [0.3, 0.4) is 0 Å². The first-order valence-corrected chi connectivity index (χ1v) is 7.57. The Labute approximate surface area is 99.5 Å². The summed E-state index contributed by atoms with van der Waals surface area (Å²) in [5, 5.41) is 3.31. The zero-order valence-electron chi connectivity index (χ0n) is 10.7. The number of nitrogens with zero attached hydrogens (tertiary/aromatic N) is 1. The van der Waals surface area contributed by atoms with E-state index in [0.717, 1.165) is 11.8 Å². The third kappa shape index (κ3) is 3.71. The highest BCUT2D eigenvalue weighted by molar-refractivity contribution is 7.89. The van der Waals surface area contributed by atoms with Gasteiger partial charge in [-0.05, 0) is 24.7 Å². The van der Waals surface area contributed by atoms with Gasteiger partial charge in [-0.25, -0.2) is 12.7 Å². The van der Waals surface area contributed by atoms with Crippen molar-refractivity contribution in [1.82, 2.24) is 9.62 Å². The van der Waals surface area contributed by atoms with Crippen LogP contribution in [0.5, 0.6) is 0 Å². The van der Waals surface area contributed by atoms with Crippen LogP contribution in [0, 0.1) is 11.8 Å². The Kier molecular flexibility index (Phi) is 4.76. The number of nitrogens with one attached hydrogen (secondary N) is 1. The van der Waals surface area contributed by atoms with E-state index in [9.17, 15) is 8.42 Å². The highest BCUT2D eigenvalue weighted by atomic mass is 32.2. The van der Waals surface area contributed by atoms with E-state index < -0.39 is 10.0 Å². The maximum Gasteiger partial charge on any atom is 0.214 e. The van der Waals surface area contributed by atoms with Crippen LogP contribution in [0.4, 0.5) is 0 Å². The van der Waals surface area contributed by atoms with E-state index in [2.05, 4.69) is 19.2 Å². The van der Waals surface area contributed by atoms with Gasteiger partial charge in [0.1, 0.15) is 0 Å². The lowest BCUT2D eigenvalue weighted by Gasteiger charge is -2.38. The molecule has 0 radical (unpaired) electrons. The summed E-state index contributed by atoms with van der Waals surface area (Å²) in [6.07, 6.45) is 2.39. The molecule has 0 saturated heterocycles. The van der Waals surface area contributed by atoms with Crippen molar-refractivity contribution in [3.63, 3.8) is 0 Å². The summed E-state index contributed by atoms with van der Waals surface area (Å²) in [7, 11) is 0.117. The molecule has 1 rings (SSSR count). The second kappa shape index (κ2) is 5.47. The Hall–Kier alpha value is -0.130. The van der Waals surface area contributed by atoms with Crippen molar-refractivity contribution >= 4 is 10.0 Å². The molecule has 1 saturated carbocycles. The molecule has 0 heterocycles. The predicted octanol–water partition coefficient (Wildman–Crippen LogP) is 0.902. The van der Waals surface area contributed by atoms with Crippen molar-refractivity contribution in [3.05, 3.63) is 0 Å². The van der Waals surface area contributed by atoms with Gasteiger partial charge in [-0.3, -0.25) is 0 Å². The van der Waals surface area contributed by atoms with Gasteiger partial charge in [0.15, 0.2) is 0 Å². The topological polar surface area (TPSA) is 49.4 Å². The Morgan fingerprint density at radius 1 is 1.31 bits per heavy atom. The maximum atomic E-state index is 11.5. The Balaban J connectivity index is 2.15. The second-order valence-corrected chi connectivity index (χ2v) is 7.53. The largest absolute Gasteiger partial charge is 0.313 e. The maximum absolute atomic E-state index is 11.5. The number of sulfonamides is 1. The van der Waals surface area contributed by atoms with Gasteiger partial charge in [0.05, 0.1) is 5.75 Å². The summed E-state index contributed by atoms with van der Waals surface area (Å²) in [4.78, 5) is 0. The van der Waals surface area contributed by atoms with Crippen molar-refractivity contribution in [2.75, 3.05) is 26.4 Å². The summed E-state index contributed by atoms with van der Waals surface area (Å²) in [6, 6.07) is 0.532. The minimum absolute atomic E-state index is 0.197. The summed E-state index contributed by atoms with van der Waals surface area (Å²) in [5.41, 5.74) is 0. The summed E-state index contributed by atoms with van der Waals surface area (Å²) < 4.78 is 24.2. The van der Waals surface area contributed by atoms with Crippen LogP contribution in [-0.4, -0.2) is 45.2 Å². The molecule has 0 bridgehead atoms. The van der Waals surface area contributed by atoms with E-state index in [1.807, 2.05) is 0 Å². The quantitative estimate of drug-likeness (QED) is 0.760. The lowest BCUT2D eigenvalue weighted by atomic mass is 9.74. The fraction of sp³-hybridized carbons (Fsp3) is 1.00. The molecule has 5 heteroatoms. The van der Waals surface area contributed by atoms with E-state index in [1.165, 1.54) is 17.1 Å². The third-order valence-corrected chi connectivity index (χ3v) is 5.30. The normalized spacial score (nSPS) is 26.1. The molecule has 1 N–H and O–H groups in total. The molecule has 0 atom stereocenters. The summed E-state index contributed by atoms with van der Waals surface area (Å²) in [5.74, 6) is 1.77. The van der Waals surface area contributed by atoms with Gasteiger partial charge < -0.3 is 5.32 Å². The molecular weight excluding hydrogens is 224 g/mol. The van der Waals surface area contributed by atoms with E-state index in [1.54, 1.807) is 14.1 Å². The van der Waals surface area contributed by atoms with Crippen LogP contribution in [0.15, 0.2) is 0 Å². The molecule has 1 aliphatic rings. The molecule has 0 spiro atoms. The van der Waals surface area contributed by atoms with Crippen LogP contribution >= 0.6 is 0 Å². The molecular formula is C11H24N2O2S. The van der Waals surface area contributed by atoms with Crippen LogP contribution in [0.2, 0.25) is 0 Å². The highest BCUT2D eigenvalue weighted by Crippen LogP contribution is 2.33. The lowest BCUT2D eigenvalue weighted by molar-refractivity contribution is 0.171. The second-order valence-electron chi connectivity index (χ2n) is 5.22. The molecule has 16 heavy (non-hydrogen) atoms.